The van der Waals surface area contributed by atoms with Crippen molar-refractivity contribution in [3.05, 3.63) is 66.0 Å². The molecule has 0 fully saturated rings. The maximum Gasteiger partial charge on any atom is 0.171 e. The number of ketones is 1. The standard InChI is InChI=1S/C14H13NO.C2H6/c1-11(13-9-5-6-10-15-13)14(16)12-7-3-2-4-8-12;1-2/h2-11H,1H3;1-2H3. The summed E-state index contributed by atoms with van der Waals surface area (Å²) in [4.78, 5) is 16.3. The van der Waals surface area contributed by atoms with Gasteiger partial charge in [-0.3, -0.25) is 9.78 Å². The first-order chi connectivity index (χ1) is 8.79. The van der Waals surface area contributed by atoms with Crippen molar-refractivity contribution in [1.82, 2.24) is 4.98 Å². The Morgan fingerprint density at radius 1 is 1.00 bits per heavy atom. The molecule has 2 aromatic rings. The van der Waals surface area contributed by atoms with Crippen LogP contribution >= 0.6 is 0 Å². The second kappa shape index (κ2) is 7.38. The number of hydrogen-bond acceptors (Lipinski definition) is 2. The monoisotopic (exact) mass is 241 g/mol. The van der Waals surface area contributed by atoms with E-state index in [9.17, 15) is 4.79 Å². The molecular formula is C16H19NO. The van der Waals surface area contributed by atoms with Crippen LogP contribution in [0.25, 0.3) is 0 Å². The van der Waals surface area contributed by atoms with Gasteiger partial charge in [0.25, 0.3) is 0 Å². The van der Waals surface area contributed by atoms with Crippen LogP contribution in [0, 0.1) is 0 Å². The minimum Gasteiger partial charge on any atom is -0.293 e. The van der Waals surface area contributed by atoms with Crippen LogP contribution in [0.1, 0.15) is 42.7 Å². The number of carbonyl (C=O) groups is 1. The highest BCUT2D eigenvalue weighted by molar-refractivity contribution is 6.00. The van der Waals surface area contributed by atoms with Gasteiger partial charge in [-0.15, -0.1) is 0 Å². The Hall–Kier alpha value is -1.96. The maximum absolute atomic E-state index is 12.1. The zero-order valence-corrected chi connectivity index (χ0v) is 11.1. The van der Waals surface area contributed by atoms with Gasteiger partial charge in [0.05, 0.1) is 11.6 Å². The van der Waals surface area contributed by atoms with Crippen LogP contribution in [-0.4, -0.2) is 10.8 Å². The van der Waals surface area contributed by atoms with Crippen molar-refractivity contribution in [3.8, 4) is 0 Å². The first-order valence-electron chi connectivity index (χ1n) is 6.29. The molecule has 0 saturated carbocycles. The van der Waals surface area contributed by atoms with Crippen molar-refractivity contribution >= 4 is 5.78 Å². The molecule has 1 unspecified atom stereocenters. The molecule has 0 aliphatic rings. The fraction of sp³-hybridized carbons (Fsp3) is 0.250. The van der Waals surface area contributed by atoms with Gasteiger partial charge in [0.15, 0.2) is 5.78 Å². The predicted octanol–water partition coefficient (Wildman–Crippen LogP) is 4.09. The molecule has 1 heterocycles. The van der Waals surface area contributed by atoms with Gasteiger partial charge in [-0.2, -0.15) is 0 Å². The molecule has 94 valence electrons. The van der Waals surface area contributed by atoms with E-state index in [1.54, 1.807) is 6.20 Å². The summed E-state index contributed by atoms with van der Waals surface area (Å²) in [5.74, 6) is -0.0806. The topological polar surface area (TPSA) is 30.0 Å². The molecule has 1 atom stereocenters. The number of benzene rings is 1. The molecule has 0 bridgehead atoms. The van der Waals surface area contributed by atoms with E-state index in [2.05, 4.69) is 4.98 Å². The third-order valence-corrected chi connectivity index (χ3v) is 2.58. The summed E-state index contributed by atoms with van der Waals surface area (Å²) in [6.45, 7) is 5.89. The largest absolute Gasteiger partial charge is 0.293 e. The van der Waals surface area contributed by atoms with E-state index < -0.39 is 0 Å². The second-order valence-electron chi connectivity index (χ2n) is 3.71. The fourth-order valence-electron chi connectivity index (χ4n) is 1.62. The lowest BCUT2D eigenvalue weighted by Gasteiger charge is -2.09. The summed E-state index contributed by atoms with van der Waals surface area (Å²) in [6.07, 6.45) is 1.71. The summed E-state index contributed by atoms with van der Waals surface area (Å²) < 4.78 is 0. The molecule has 0 radical (unpaired) electrons. The van der Waals surface area contributed by atoms with Gasteiger partial charge in [0.2, 0.25) is 0 Å². The van der Waals surface area contributed by atoms with Gasteiger partial charge >= 0.3 is 0 Å². The molecule has 0 spiro atoms. The van der Waals surface area contributed by atoms with Crippen LogP contribution in [0.3, 0.4) is 0 Å². The first-order valence-corrected chi connectivity index (χ1v) is 6.29. The molecule has 0 saturated heterocycles. The Balaban J connectivity index is 0.000000771. The lowest BCUT2D eigenvalue weighted by molar-refractivity contribution is 0.0964. The number of Topliss-reactive ketones (excluding diaryl/α,β-unsaturated/α-hetero) is 1. The molecule has 2 heteroatoms. The number of aromatic nitrogens is 1. The zero-order valence-electron chi connectivity index (χ0n) is 11.1. The van der Waals surface area contributed by atoms with Crippen molar-refractivity contribution in [2.45, 2.75) is 26.7 Å². The van der Waals surface area contributed by atoms with E-state index >= 15 is 0 Å². The zero-order chi connectivity index (χ0) is 13.4. The molecule has 0 N–H and O–H groups in total. The lowest BCUT2D eigenvalue weighted by Crippen LogP contribution is -2.10. The van der Waals surface area contributed by atoms with Gasteiger partial charge < -0.3 is 0 Å². The molecule has 1 aromatic carbocycles. The van der Waals surface area contributed by atoms with E-state index in [0.717, 1.165) is 11.3 Å². The third-order valence-electron chi connectivity index (χ3n) is 2.58. The smallest absolute Gasteiger partial charge is 0.171 e. The Labute approximate surface area is 109 Å². The van der Waals surface area contributed by atoms with Crippen molar-refractivity contribution in [1.29, 1.82) is 0 Å². The third kappa shape index (κ3) is 3.52. The van der Waals surface area contributed by atoms with Crippen molar-refractivity contribution in [2.24, 2.45) is 0 Å². The first kappa shape index (κ1) is 14.1. The van der Waals surface area contributed by atoms with Crippen LogP contribution in [0.2, 0.25) is 0 Å². The average Bonchev–Trinajstić information content (AvgIpc) is 2.49. The normalized spacial score (nSPS) is 11.1. The van der Waals surface area contributed by atoms with Crippen molar-refractivity contribution in [2.75, 3.05) is 0 Å². The molecule has 18 heavy (non-hydrogen) atoms. The van der Waals surface area contributed by atoms with Crippen molar-refractivity contribution < 1.29 is 4.79 Å². The fourth-order valence-corrected chi connectivity index (χ4v) is 1.62. The quantitative estimate of drug-likeness (QED) is 0.757. The number of hydrogen-bond donors (Lipinski definition) is 0. The van der Waals surface area contributed by atoms with Crippen LogP contribution < -0.4 is 0 Å². The van der Waals surface area contributed by atoms with E-state index in [-0.39, 0.29) is 11.7 Å². The highest BCUT2D eigenvalue weighted by Crippen LogP contribution is 2.17. The number of pyridine rings is 1. The van der Waals surface area contributed by atoms with Gasteiger partial charge in [0.1, 0.15) is 0 Å². The van der Waals surface area contributed by atoms with Gasteiger partial charge in [-0.25, -0.2) is 0 Å². The van der Waals surface area contributed by atoms with E-state index in [1.807, 2.05) is 69.3 Å². The summed E-state index contributed by atoms with van der Waals surface area (Å²) in [5, 5.41) is 0. The highest BCUT2D eigenvalue weighted by Gasteiger charge is 2.17. The van der Waals surface area contributed by atoms with Gasteiger partial charge in [0, 0.05) is 11.8 Å². The summed E-state index contributed by atoms with van der Waals surface area (Å²) in [6, 6.07) is 15.0. The molecule has 0 aliphatic heterocycles. The minimum atomic E-state index is -0.191. The van der Waals surface area contributed by atoms with Crippen LogP contribution in [0.5, 0.6) is 0 Å². The number of rotatable bonds is 3. The Morgan fingerprint density at radius 3 is 2.17 bits per heavy atom. The Morgan fingerprint density at radius 2 is 1.61 bits per heavy atom. The number of carbonyl (C=O) groups excluding carboxylic acids is 1. The minimum absolute atomic E-state index is 0.110. The second-order valence-corrected chi connectivity index (χ2v) is 3.71. The van der Waals surface area contributed by atoms with Crippen molar-refractivity contribution in [3.63, 3.8) is 0 Å². The van der Waals surface area contributed by atoms with Crippen LogP contribution in [0.4, 0.5) is 0 Å². The molecule has 0 amide bonds. The lowest BCUT2D eigenvalue weighted by atomic mass is 9.96. The SMILES string of the molecule is CC.CC(C(=O)c1ccccc1)c1ccccn1. The summed E-state index contributed by atoms with van der Waals surface area (Å²) in [5.41, 5.74) is 1.55. The van der Waals surface area contributed by atoms with Gasteiger partial charge in [-0.1, -0.05) is 50.2 Å². The predicted molar refractivity (Wildman–Crippen MR) is 74.8 cm³/mol. The molecule has 2 rings (SSSR count). The highest BCUT2D eigenvalue weighted by atomic mass is 16.1. The summed E-state index contributed by atoms with van der Waals surface area (Å²) in [7, 11) is 0. The molecular weight excluding hydrogens is 222 g/mol. The summed E-state index contributed by atoms with van der Waals surface area (Å²) >= 11 is 0. The Bertz CT molecular complexity index is 465. The average molecular weight is 241 g/mol. The maximum atomic E-state index is 12.1. The Kier molecular flexibility index (Phi) is 5.78. The van der Waals surface area contributed by atoms with E-state index in [1.165, 1.54) is 0 Å². The van der Waals surface area contributed by atoms with Crippen LogP contribution in [-0.2, 0) is 0 Å². The van der Waals surface area contributed by atoms with E-state index in [4.69, 9.17) is 0 Å². The molecule has 1 aromatic heterocycles. The molecule has 0 aliphatic carbocycles. The molecule has 2 nitrogen and oxygen atoms in total. The van der Waals surface area contributed by atoms with Gasteiger partial charge in [-0.05, 0) is 19.1 Å². The number of nitrogens with zero attached hydrogens (tertiary/aromatic N) is 1. The van der Waals surface area contributed by atoms with E-state index in [0.29, 0.717) is 0 Å². The van der Waals surface area contributed by atoms with Crippen LogP contribution in [0.15, 0.2) is 54.7 Å².